The maximum Gasteiger partial charge on any atom is 0.0317 e. The number of hydrogen-bond acceptors (Lipinski definition) is 3. The fourth-order valence-corrected chi connectivity index (χ4v) is 2.64. The summed E-state index contributed by atoms with van der Waals surface area (Å²) in [7, 11) is 0. The van der Waals surface area contributed by atoms with Crippen molar-refractivity contribution in [2.24, 2.45) is 5.73 Å². The van der Waals surface area contributed by atoms with Crippen LogP contribution in [0.2, 0.25) is 0 Å². The highest BCUT2D eigenvalue weighted by molar-refractivity contribution is 4.94. The molecule has 0 amide bonds. The largest absolute Gasteiger partial charge is 0.329 e. The Morgan fingerprint density at radius 3 is 2.88 bits per heavy atom. The summed E-state index contributed by atoms with van der Waals surface area (Å²) in [6, 6.07) is 0. The highest BCUT2D eigenvalue weighted by Gasteiger charge is 2.30. The van der Waals surface area contributed by atoms with E-state index < -0.39 is 0 Å². The van der Waals surface area contributed by atoms with Crippen LogP contribution in [0.15, 0.2) is 0 Å². The van der Waals surface area contributed by atoms with Crippen molar-refractivity contribution in [3.63, 3.8) is 0 Å². The number of rotatable bonds is 6. The molecule has 3 nitrogen and oxygen atoms in total. The minimum atomic E-state index is 0.124. The van der Waals surface area contributed by atoms with Crippen LogP contribution >= 0.6 is 0 Å². The highest BCUT2D eigenvalue weighted by atomic mass is 15.1. The van der Waals surface area contributed by atoms with Gasteiger partial charge in [-0.05, 0) is 45.3 Å². The molecule has 1 atom stereocenters. The Morgan fingerprint density at radius 2 is 2.24 bits per heavy atom. The van der Waals surface area contributed by atoms with E-state index in [-0.39, 0.29) is 5.54 Å². The van der Waals surface area contributed by atoms with Crippen LogP contribution < -0.4 is 11.1 Å². The molecule has 1 heterocycles. The molecule has 17 heavy (non-hydrogen) atoms. The van der Waals surface area contributed by atoms with Crippen LogP contribution in [0.5, 0.6) is 0 Å². The molecule has 0 spiro atoms. The lowest BCUT2D eigenvalue weighted by molar-refractivity contribution is 0.260. The molecule has 1 unspecified atom stereocenters. The topological polar surface area (TPSA) is 41.3 Å². The van der Waals surface area contributed by atoms with Crippen LogP contribution in [0.4, 0.5) is 0 Å². The zero-order valence-corrected chi connectivity index (χ0v) is 11.2. The first-order valence-corrected chi connectivity index (χ1v) is 6.87. The van der Waals surface area contributed by atoms with Gasteiger partial charge in [0.1, 0.15) is 0 Å². The van der Waals surface area contributed by atoms with E-state index in [1.54, 1.807) is 0 Å². The van der Waals surface area contributed by atoms with Gasteiger partial charge < -0.3 is 16.0 Å². The second-order valence-electron chi connectivity index (χ2n) is 5.06. The SMILES string of the molecule is C#CCCNC1(CN)CCCN(CCC)CC1. The van der Waals surface area contributed by atoms with Crippen molar-refractivity contribution in [2.45, 2.75) is 44.6 Å². The molecule has 0 bridgehead atoms. The average molecular weight is 237 g/mol. The number of terminal acetylenes is 1. The van der Waals surface area contributed by atoms with E-state index in [1.165, 1.54) is 32.4 Å². The van der Waals surface area contributed by atoms with E-state index in [0.717, 1.165) is 32.5 Å². The molecule has 0 radical (unpaired) electrons. The number of hydrogen-bond donors (Lipinski definition) is 2. The zero-order valence-electron chi connectivity index (χ0n) is 11.2. The summed E-state index contributed by atoms with van der Waals surface area (Å²) < 4.78 is 0. The molecule has 1 aliphatic heterocycles. The van der Waals surface area contributed by atoms with Gasteiger partial charge in [0.15, 0.2) is 0 Å². The lowest BCUT2D eigenvalue weighted by Crippen LogP contribution is -2.52. The van der Waals surface area contributed by atoms with Crippen molar-refractivity contribution in [3.8, 4) is 12.3 Å². The van der Waals surface area contributed by atoms with E-state index >= 15 is 0 Å². The van der Waals surface area contributed by atoms with Gasteiger partial charge in [-0.1, -0.05) is 6.92 Å². The summed E-state index contributed by atoms with van der Waals surface area (Å²) in [4.78, 5) is 2.56. The summed E-state index contributed by atoms with van der Waals surface area (Å²) in [5.74, 6) is 2.68. The molecule has 0 saturated carbocycles. The van der Waals surface area contributed by atoms with Crippen molar-refractivity contribution < 1.29 is 0 Å². The second kappa shape index (κ2) is 7.71. The van der Waals surface area contributed by atoms with Crippen molar-refractivity contribution in [2.75, 3.05) is 32.7 Å². The van der Waals surface area contributed by atoms with Crippen LogP contribution in [0, 0.1) is 12.3 Å². The molecular formula is C14H27N3. The zero-order chi connectivity index (χ0) is 12.6. The minimum Gasteiger partial charge on any atom is -0.329 e. The quantitative estimate of drug-likeness (QED) is 0.539. The Kier molecular flexibility index (Phi) is 6.57. The Hall–Kier alpha value is -0.560. The summed E-state index contributed by atoms with van der Waals surface area (Å²) in [6.45, 7) is 7.44. The van der Waals surface area contributed by atoms with Crippen LogP contribution in [-0.4, -0.2) is 43.2 Å². The van der Waals surface area contributed by atoms with Crippen molar-refractivity contribution in [1.29, 1.82) is 0 Å². The average Bonchev–Trinajstić information content (AvgIpc) is 2.54. The Balaban J connectivity index is 2.46. The third-order valence-corrected chi connectivity index (χ3v) is 3.74. The van der Waals surface area contributed by atoms with E-state index in [2.05, 4.69) is 23.1 Å². The molecule has 3 N–H and O–H groups in total. The monoisotopic (exact) mass is 237 g/mol. The molecule has 98 valence electrons. The Morgan fingerprint density at radius 1 is 1.41 bits per heavy atom. The van der Waals surface area contributed by atoms with E-state index in [1.807, 2.05) is 0 Å². The highest BCUT2D eigenvalue weighted by Crippen LogP contribution is 2.21. The molecule has 1 rings (SSSR count). The standard InChI is InChI=1S/C14H27N3/c1-3-5-9-16-14(13-15)7-6-11-17(10-4-2)12-8-14/h1,16H,4-13,15H2,2H3. The van der Waals surface area contributed by atoms with Crippen LogP contribution in [0.25, 0.3) is 0 Å². The molecule has 0 aromatic carbocycles. The van der Waals surface area contributed by atoms with Gasteiger partial charge >= 0.3 is 0 Å². The molecule has 1 fully saturated rings. The number of nitrogens with one attached hydrogen (secondary N) is 1. The lowest BCUT2D eigenvalue weighted by Gasteiger charge is -2.32. The van der Waals surface area contributed by atoms with Crippen LogP contribution in [0.1, 0.15) is 39.0 Å². The molecule has 1 saturated heterocycles. The lowest BCUT2D eigenvalue weighted by atomic mass is 9.90. The third-order valence-electron chi connectivity index (χ3n) is 3.74. The third kappa shape index (κ3) is 4.67. The van der Waals surface area contributed by atoms with Crippen molar-refractivity contribution >= 4 is 0 Å². The first kappa shape index (κ1) is 14.5. The van der Waals surface area contributed by atoms with Gasteiger partial charge in [0, 0.05) is 25.0 Å². The fourth-order valence-electron chi connectivity index (χ4n) is 2.64. The predicted octanol–water partition coefficient (Wildman–Crippen LogP) is 1.19. The molecule has 0 aromatic rings. The van der Waals surface area contributed by atoms with E-state index in [4.69, 9.17) is 12.2 Å². The predicted molar refractivity (Wildman–Crippen MR) is 73.8 cm³/mol. The van der Waals surface area contributed by atoms with E-state index in [9.17, 15) is 0 Å². The van der Waals surface area contributed by atoms with Crippen molar-refractivity contribution in [1.82, 2.24) is 10.2 Å². The van der Waals surface area contributed by atoms with Gasteiger partial charge in [-0.2, -0.15) is 0 Å². The molecule has 3 heteroatoms. The normalized spacial score (nSPS) is 26.4. The number of nitrogens with two attached hydrogens (primary N) is 1. The minimum absolute atomic E-state index is 0.124. The summed E-state index contributed by atoms with van der Waals surface area (Å²) in [5.41, 5.74) is 6.10. The van der Waals surface area contributed by atoms with Gasteiger partial charge in [0.2, 0.25) is 0 Å². The Bertz CT molecular complexity index is 246. The molecule has 0 aromatic heterocycles. The van der Waals surface area contributed by atoms with Crippen molar-refractivity contribution in [3.05, 3.63) is 0 Å². The maximum atomic E-state index is 5.98. The molecule has 1 aliphatic rings. The number of nitrogens with zero attached hydrogens (tertiary/aromatic N) is 1. The molecular weight excluding hydrogens is 210 g/mol. The first-order chi connectivity index (χ1) is 8.26. The van der Waals surface area contributed by atoms with Gasteiger partial charge in [-0.15, -0.1) is 12.3 Å². The maximum absolute atomic E-state index is 5.98. The van der Waals surface area contributed by atoms with Gasteiger partial charge in [-0.25, -0.2) is 0 Å². The van der Waals surface area contributed by atoms with Gasteiger partial charge in [0.05, 0.1) is 0 Å². The fraction of sp³-hybridized carbons (Fsp3) is 0.857. The molecule has 0 aliphatic carbocycles. The Labute approximate surface area is 106 Å². The van der Waals surface area contributed by atoms with Crippen LogP contribution in [-0.2, 0) is 0 Å². The first-order valence-electron chi connectivity index (χ1n) is 6.87. The summed E-state index contributed by atoms with van der Waals surface area (Å²) in [6.07, 6.45) is 10.9. The van der Waals surface area contributed by atoms with Gasteiger partial charge in [0.25, 0.3) is 0 Å². The van der Waals surface area contributed by atoms with Crippen LogP contribution in [0.3, 0.4) is 0 Å². The summed E-state index contributed by atoms with van der Waals surface area (Å²) in [5, 5.41) is 3.59. The smallest absolute Gasteiger partial charge is 0.0317 e. The summed E-state index contributed by atoms with van der Waals surface area (Å²) >= 11 is 0. The number of likely N-dealkylation sites (tertiary alicyclic amines) is 1. The second-order valence-corrected chi connectivity index (χ2v) is 5.06. The van der Waals surface area contributed by atoms with E-state index in [0.29, 0.717) is 0 Å². The van der Waals surface area contributed by atoms with Gasteiger partial charge in [-0.3, -0.25) is 0 Å².